The first kappa shape index (κ1) is 10.9. The molecule has 1 N–H and O–H groups in total. The summed E-state index contributed by atoms with van der Waals surface area (Å²) in [6, 6.07) is 7.99. The van der Waals surface area contributed by atoms with Crippen LogP contribution in [-0.4, -0.2) is 20.2 Å². The first-order valence-corrected chi connectivity index (χ1v) is 5.66. The summed E-state index contributed by atoms with van der Waals surface area (Å²) in [6.45, 7) is 2.00. The molecule has 0 atom stereocenters. The van der Waals surface area contributed by atoms with Crippen LogP contribution in [0.5, 0.6) is 0 Å². The van der Waals surface area contributed by atoms with Crippen LogP contribution in [0.4, 0.5) is 0 Å². The molecule has 2 rings (SSSR count). The molecule has 1 aliphatic heterocycles. The van der Waals surface area contributed by atoms with Crippen molar-refractivity contribution in [1.82, 2.24) is 5.32 Å². The van der Waals surface area contributed by atoms with Gasteiger partial charge in [-0.25, -0.2) is 0 Å². The largest absolute Gasteiger partial charge is 0.373 e. The average Bonchev–Trinajstić information content (AvgIpc) is 2.30. The fraction of sp³-hybridized carbons (Fsp3) is 0.500. The van der Waals surface area contributed by atoms with Crippen molar-refractivity contribution >= 4 is 11.6 Å². The summed E-state index contributed by atoms with van der Waals surface area (Å²) >= 11 is 6.01. The third-order valence-electron chi connectivity index (χ3n) is 3.15. The molecule has 0 amide bonds. The van der Waals surface area contributed by atoms with Gasteiger partial charge < -0.3 is 10.1 Å². The zero-order valence-corrected chi connectivity index (χ0v) is 9.68. The van der Waals surface area contributed by atoms with E-state index in [1.807, 2.05) is 18.2 Å². The van der Waals surface area contributed by atoms with E-state index in [-0.39, 0.29) is 5.60 Å². The van der Waals surface area contributed by atoms with Crippen molar-refractivity contribution in [2.24, 2.45) is 0 Å². The Labute approximate surface area is 95.6 Å². The van der Waals surface area contributed by atoms with Gasteiger partial charge in [-0.1, -0.05) is 23.7 Å². The normalized spacial score (nSPS) is 20.1. The molecule has 82 valence electrons. The molecule has 0 radical (unpaired) electrons. The smallest absolute Gasteiger partial charge is 0.0952 e. The van der Waals surface area contributed by atoms with Crippen molar-refractivity contribution in [2.75, 3.05) is 20.2 Å². The summed E-state index contributed by atoms with van der Waals surface area (Å²) in [7, 11) is 1.78. The van der Waals surface area contributed by atoms with Crippen LogP contribution in [0, 0.1) is 0 Å². The van der Waals surface area contributed by atoms with Crippen molar-refractivity contribution in [1.29, 1.82) is 0 Å². The Morgan fingerprint density at radius 1 is 1.33 bits per heavy atom. The molecule has 1 heterocycles. The number of ether oxygens (including phenoxy) is 1. The summed E-state index contributed by atoms with van der Waals surface area (Å²) < 4.78 is 5.72. The molecule has 15 heavy (non-hydrogen) atoms. The zero-order valence-electron chi connectivity index (χ0n) is 8.92. The molecular formula is C12H16ClNO. The second-order valence-corrected chi connectivity index (χ2v) is 4.40. The third kappa shape index (κ3) is 2.17. The van der Waals surface area contributed by atoms with Gasteiger partial charge in [0.25, 0.3) is 0 Å². The molecular weight excluding hydrogens is 210 g/mol. The van der Waals surface area contributed by atoms with Gasteiger partial charge >= 0.3 is 0 Å². The number of nitrogens with one attached hydrogen (secondary N) is 1. The Bertz CT molecular complexity index is 334. The number of rotatable bonds is 2. The van der Waals surface area contributed by atoms with E-state index in [1.165, 1.54) is 5.56 Å². The van der Waals surface area contributed by atoms with E-state index >= 15 is 0 Å². The van der Waals surface area contributed by atoms with Crippen LogP contribution in [-0.2, 0) is 10.3 Å². The first-order chi connectivity index (χ1) is 7.27. The highest BCUT2D eigenvalue weighted by Crippen LogP contribution is 2.34. The molecule has 1 aliphatic rings. The van der Waals surface area contributed by atoms with E-state index in [0.717, 1.165) is 31.0 Å². The van der Waals surface area contributed by atoms with Gasteiger partial charge in [-0.2, -0.15) is 0 Å². The van der Waals surface area contributed by atoms with Crippen LogP contribution in [0.3, 0.4) is 0 Å². The Morgan fingerprint density at radius 3 is 2.67 bits per heavy atom. The van der Waals surface area contributed by atoms with Gasteiger partial charge in [0.15, 0.2) is 0 Å². The Morgan fingerprint density at radius 2 is 2.07 bits per heavy atom. The molecule has 0 unspecified atom stereocenters. The lowest BCUT2D eigenvalue weighted by molar-refractivity contribution is -0.0391. The fourth-order valence-corrected chi connectivity index (χ4v) is 2.40. The van der Waals surface area contributed by atoms with Crippen LogP contribution >= 0.6 is 11.6 Å². The van der Waals surface area contributed by atoms with Crippen LogP contribution < -0.4 is 5.32 Å². The van der Waals surface area contributed by atoms with Gasteiger partial charge in [0.05, 0.1) is 5.60 Å². The Balaban J connectivity index is 2.32. The third-order valence-corrected chi connectivity index (χ3v) is 3.39. The van der Waals surface area contributed by atoms with E-state index in [2.05, 4.69) is 11.4 Å². The molecule has 0 saturated carbocycles. The summed E-state index contributed by atoms with van der Waals surface area (Å²) in [5, 5.41) is 4.13. The minimum Gasteiger partial charge on any atom is -0.373 e. The number of piperidine rings is 1. The van der Waals surface area contributed by atoms with E-state index in [4.69, 9.17) is 16.3 Å². The summed E-state index contributed by atoms with van der Waals surface area (Å²) in [5.74, 6) is 0. The minimum atomic E-state index is -0.143. The van der Waals surface area contributed by atoms with Gasteiger partial charge in [0.1, 0.15) is 0 Å². The number of hydrogen-bond acceptors (Lipinski definition) is 2. The lowest BCUT2D eigenvalue weighted by atomic mass is 9.85. The molecule has 1 fully saturated rings. The predicted molar refractivity (Wildman–Crippen MR) is 62.2 cm³/mol. The van der Waals surface area contributed by atoms with Crippen molar-refractivity contribution in [3.8, 4) is 0 Å². The first-order valence-electron chi connectivity index (χ1n) is 5.29. The van der Waals surface area contributed by atoms with Gasteiger partial charge in [-0.05, 0) is 43.6 Å². The number of benzene rings is 1. The maximum absolute atomic E-state index is 6.01. The predicted octanol–water partition coefficient (Wildman–Crippen LogP) is 2.57. The maximum atomic E-state index is 6.01. The summed E-state index contributed by atoms with van der Waals surface area (Å²) in [5.41, 5.74) is 1.05. The zero-order chi connectivity index (χ0) is 10.7. The number of methoxy groups -OCH3 is 1. The van der Waals surface area contributed by atoms with Crippen LogP contribution in [0.1, 0.15) is 18.4 Å². The van der Waals surface area contributed by atoms with Crippen LogP contribution in [0.15, 0.2) is 24.3 Å². The van der Waals surface area contributed by atoms with Crippen molar-refractivity contribution in [2.45, 2.75) is 18.4 Å². The number of halogens is 1. The second-order valence-electron chi connectivity index (χ2n) is 3.96. The molecule has 2 nitrogen and oxygen atoms in total. The lowest BCUT2D eigenvalue weighted by Gasteiger charge is -2.37. The summed E-state index contributed by atoms with van der Waals surface area (Å²) in [4.78, 5) is 0. The van der Waals surface area contributed by atoms with E-state index in [9.17, 15) is 0 Å². The Kier molecular flexibility index (Phi) is 3.29. The van der Waals surface area contributed by atoms with Gasteiger partial charge in [-0.3, -0.25) is 0 Å². The minimum absolute atomic E-state index is 0.143. The molecule has 0 aromatic heterocycles. The highest BCUT2D eigenvalue weighted by molar-refractivity contribution is 6.30. The van der Waals surface area contributed by atoms with Gasteiger partial charge in [0.2, 0.25) is 0 Å². The van der Waals surface area contributed by atoms with E-state index in [1.54, 1.807) is 7.11 Å². The van der Waals surface area contributed by atoms with Gasteiger partial charge in [0, 0.05) is 12.1 Å². The van der Waals surface area contributed by atoms with Crippen LogP contribution in [0.25, 0.3) is 0 Å². The quantitative estimate of drug-likeness (QED) is 0.836. The average molecular weight is 226 g/mol. The molecule has 0 bridgehead atoms. The summed E-state index contributed by atoms with van der Waals surface area (Å²) in [6.07, 6.45) is 2.01. The molecule has 0 aliphatic carbocycles. The second kappa shape index (κ2) is 4.52. The molecule has 1 saturated heterocycles. The van der Waals surface area contributed by atoms with Crippen molar-refractivity contribution in [3.05, 3.63) is 34.9 Å². The molecule has 3 heteroatoms. The SMILES string of the molecule is COC1(c2cccc(Cl)c2)CCNCC1. The van der Waals surface area contributed by atoms with Crippen LogP contribution in [0.2, 0.25) is 5.02 Å². The molecule has 1 aromatic rings. The standard InChI is InChI=1S/C12H16ClNO/c1-15-12(5-7-14-8-6-12)10-3-2-4-11(13)9-10/h2-4,9,14H,5-8H2,1H3. The molecule has 1 aromatic carbocycles. The van der Waals surface area contributed by atoms with Gasteiger partial charge in [-0.15, -0.1) is 0 Å². The van der Waals surface area contributed by atoms with E-state index in [0.29, 0.717) is 0 Å². The highest BCUT2D eigenvalue weighted by Gasteiger charge is 2.33. The maximum Gasteiger partial charge on any atom is 0.0952 e. The molecule has 0 spiro atoms. The number of hydrogen-bond donors (Lipinski definition) is 1. The van der Waals surface area contributed by atoms with Crippen molar-refractivity contribution in [3.63, 3.8) is 0 Å². The topological polar surface area (TPSA) is 21.3 Å². The van der Waals surface area contributed by atoms with E-state index < -0.39 is 0 Å². The lowest BCUT2D eigenvalue weighted by Crippen LogP contribution is -2.41. The highest BCUT2D eigenvalue weighted by atomic mass is 35.5. The monoisotopic (exact) mass is 225 g/mol. The Hall–Kier alpha value is -0.570. The van der Waals surface area contributed by atoms with Crippen molar-refractivity contribution < 1.29 is 4.74 Å². The fourth-order valence-electron chi connectivity index (χ4n) is 2.21.